The van der Waals surface area contributed by atoms with Gasteiger partial charge in [0.25, 0.3) is 0 Å². The van der Waals surface area contributed by atoms with Gasteiger partial charge in [-0.05, 0) is 83.9 Å². The topological polar surface area (TPSA) is 128 Å². The zero-order chi connectivity index (χ0) is 34.9. The van der Waals surface area contributed by atoms with Gasteiger partial charge in [0, 0.05) is 17.5 Å². The molecule has 8 atom stereocenters. The standard InChI is InChI=1S/C39H47N3O6S/c1-25-33-21-31(39(33,3)4)22-34(25)41-38(45)37-36(26(2)44)35(24-43)48-42(37)23-28-11-8-10-27(20-28)12-9-19-40-49(46,47)32-17-15-30(16-18-32)29-13-6-5-7-14-29/h5-8,10-11,13-18,20,25-26,31,33-37,40,43-44H,19,21-24H2,1-4H3,(H,41,45)/t25-,26+,31?,33?,34+,35+,36-,37+/m1/s1. The van der Waals surface area contributed by atoms with Crippen LogP contribution < -0.4 is 10.0 Å². The minimum atomic E-state index is -3.75. The summed E-state index contributed by atoms with van der Waals surface area (Å²) in [6.45, 7) is 8.34. The first-order chi connectivity index (χ1) is 23.4. The van der Waals surface area contributed by atoms with Crippen molar-refractivity contribution >= 4 is 15.9 Å². The van der Waals surface area contributed by atoms with Crippen LogP contribution in [0.5, 0.6) is 0 Å². The molecule has 2 unspecified atom stereocenters. The van der Waals surface area contributed by atoms with Crippen molar-refractivity contribution in [1.82, 2.24) is 15.1 Å². The molecule has 7 rings (SSSR count). The van der Waals surface area contributed by atoms with E-state index in [1.54, 1.807) is 36.3 Å². The highest BCUT2D eigenvalue weighted by Crippen LogP contribution is 2.61. The van der Waals surface area contributed by atoms with Crippen LogP contribution >= 0.6 is 0 Å². The molecule has 0 aromatic heterocycles. The highest BCUT2D eigenvalue weighted by Gasteiger charge is 2.57. The Labute approximate surface area is 290 Å². The van der Waals surface area contributed by atoms with E-state index in [1.165, 1.54) is 6.42 Å². The summed E-state index contributed by atoms with van der Waals surface area (Å²) in [7, 11) is -3.75. The molecule has 3 aromatic carbocycles. The molecule has 49 heavy (non-hydrogen) atoms. The van der Waals surface area contributed by atoms with Crippen molar-refractivity contribution in [3.63, 3.8) is 0 Å². The fourth-order valence-electron chi connectivity index (χ4n) is 8.23. The van der Waals surface area contributed by atoms with Crippen LogP contribution in [0.4, 0.5) is 0 Å². The van der Waals surface area contributed by atoms with Crippen LogP contribution in [0.3, 0.4) is 0 Å². The minimum Gasteiger partial charge on any atom is -0.394 e. The molecule has 2 bridgehead atoms. The van der Waals surface area contributed by atoms with Gasteiger partial charge < -0.3 is 15.5 Å². The lowest BCUT2D eigenvalue weighted by molar-refractivity contribution is -0.183. The molecule has 1 aliphatic heterocycles. The number of hydroxylamine groups is 2. The number of rotatable bonds is 10. The average molecular weight is 686 g/mol. The van der Waals surface area contributed by atoms with Crippen molar-refractivity contribution < 1.29 is 28.3 Å². The summed E-state index contributed by atoms with van der Waals surface area (Å²) >= 11 is 0. The SMILES string of the molecule is C[C@H](O)[C@@H]1[C@H](CO)ON(Cc2cccc(C#CCNS(=O)(=O)c3ccc(-c4ccccc4)cc3)c2)[C@@H]1C(=O)N[C@H]1CC2CC([C@H]1C)C2(C)C. The van der Waals surface area contributed by atoms with Gasteiger partial charge in [-0.25, -0.2) is 8.42 Å². The Kier molecular flexibility index (Phi) is 10.3. The molecule has 10 heteroatoms. The van der Waals surface area contributed by atoms with Crippen molar-refractivity contribution in [3.05, 3.63) is 90.0 Å². The van der Waals surface area contributed by atoms with E-state index in [4.69, 9.17) is 4.84 Å². The molecule has 0 spiro atoms. The third kappa shape index (κ3) is 7.34. The maximum atomic E-state index is 13.9. The minimum absolute atomic E-state index is 0.0543. The predicted octanol–water partition coefficient (Wildman–Crippen LogP) is 4.34. The van der Waals surface area contributed by atoms with Gasteiger partial charge in [-0.15, -0.1) is 0 Å². The molecule has 3 aliphatic carbocycles. The quantitative estimate of drug-likeness (QED) is 0.234. The molecule has 1 amide bonds. The monoisotopic (exact) mass is 685 g/mol. The largest absolute Gasteiger partial charge is 0.394 e. The van der Waals surface area contributed by atoms with E-state index < -0.39 is 34.2 Å². The van der Waals surface area contributed by atoms with Crippen LogP contribution in [0.2, 0.25) is 0 Å². The van der Waals surface area contributed by atoms with E-state index in [-0.39, 0.29) is 36.5 Å². The Hall–Kier alpha value is -3.56. The van der Waals surface area contributed by atoms with Crippen molar-refractivity contribution in [1.29, 1.82) is 0 Å². The van der Waals surface area contributed by atoms with Crippen LogP contribution in [0.1, 0.15) is 51.7 Å². The predicted molar refractivity (Wildman–Crippen MR) is 188 cm³/mol. The molecule has 4 fully saturated rings. The fourth-order valence-corrected chi connectivity index (χ4v) is 9.15. The second kappa shape index (κ2) is 14.4. The summed E-state index contributed by atoms with van der Waals surface area (Å²) in [6, 6.07) is 23.2. The Morgan fingerprint density at radius 3 is 2.41 bits per heavy atom. The molecule has 1 saturated heterocycles. The Morgan fingerprint density at radius 1 is 1.04 bits per heavy atom. The third-order valence-corrected chi connectivity index (χ3v) is 12.6. The van der Waals surface area contributed by atoms with Crippen LogP contribution in [-0.4, -0.2) is 67.0 Å². The smallest absolute Gasteiger partial charge is 0.241 e. The van der Waals surface area contributed by atoms with Crippen LogP contribution in [0.25, 0.3) is 11.1 Å². The number of nitrogens with zero attached hydrogens (tertiary/aromatic N) is 1. The second-order valence-corrected chi connectivity index (χ2v) is 16.2. The van der Waals surface area contributed by atoms with Crippen LogP contribution in [0.15, 0.2) is 83.8 Å². The number of aliphatic hydroxyl groups excluding tert-OH is 2. The Bertz CT molecular complexity index is 1800. The highest BCUT2D eigenvalue weighted by molar-refractivity contribution is 7.89. The maximum Gasteiger partial charge on any atom is 0.241 e. The number of amides is 1. The van der Waals surface area contributed by atoms with E-state index >= 15 is 0 Å². The molecular formula is C39H47N3O6S. The maximum absolute atomic E-state index is 13.9. The number of fused-ring (bicyclic) bond motifs is 2. The lowest BCUT2D eigenvalue weighted by Gasteiger charge is -2.62. The van der Waals surface area contributed by atoms with Gasteiger partial charge in [0.1, 0.15) is 12.1 Å². The third-order valence-electron chi connectivity index (χ3n) is 11.2. The van der Waals surface area contributed by atoms with Crippen LogP contribution in [0, 0.1) is 40.9 Å². The average Bonchev–Trinajstić information content (AvgIpc) is 3.46. The molecule has 9 nitrogen and oxygen atoms in total. The first-order valence-electron chi connectivity index (χ1n) is 17.1. The van der Waals surface area contributed by atoms with Gasteiger partial charge in [0.2, 0.25) is 15.9 Å². The summed E-state index contributed by atoms with van der Waals surface area (Å²) < 4.78 is 28.3. The number of sulfonamides is 1. The normalized spacial score (nSPS) is 28.2. The molecule has 1 heterocycles. The van der Waals surface area contributed by atoms with Gasteiger partial charge in [0.05, 0.1) is 30.7 Å². The van der Waals surface area contributed by atoms with E-state index in [1.807, 2.05) is 54.6 Å². The number of benzene rings is 3. The van der Waals surface area contributed by atoms with Gasteiger partial charge in [-0.2, -0.15) is 9.79 Å². The number of carbonyl (C=O) groups is 1. The summed E-state index contributed by atoms with van der Waals surface area (Å²) in [6.07, 6.45) is 0.537. The summed E-state index contributed by atoms with van der Waals surface area (Å²) in [4.78, 5) is 20.2. The Balaban J connectivity index is 1.10. The summed E-state index contributed by atoms with van der Waals surface area (Å²) in [5.74, 6) is 6.61. The summed E-state index contributed by atoms with van der Waals surface area (Å²) in [5, 5.41) is 25.7. The highest BCUT2D eigenvalue weighted by atomic mass is 32.2. The van der Waals surface area contributed by atoms with Crippen LogP contribution in [-0.2, 0) is 26.2 Å². The molecule has 0 radical (unpaired) electrons. The molecule has 260 valence electrons. The number of aliphatic hydroxyl groups is 2. The zero-order valence-electron chi connectivity index (χ0n) is 28.5. The lowest BCUT2D eigenvalue weighted by Crippen LogP contribution is -2.62. The molecule has 3 saturated carbocycles. The van der Waals surface area contributed by atoms with Gasteiger partial charge in [0.15, 0.2) is 0 Å². The number of hydrogen-bond acceptors (Lipinski definition) is 7. The van der Waals surface area contributed by atoms with Crippen molar-refractivity contribution in [3.8, 4) is 23.0 Å². The van der Waals surface area contributed by atoms with E-state index in [2.05, 4.69) is 42.7 Å². The Morgan fingerprint density at radius 2 is 1.76 bits per heavy atom. The van der Waals surface area contributed by atoms with E-state index in [9.17, 15) is 23.4 Å². The van der Waals surface area contributed by atoms with E-state index in [0.29, 0.717) is 28.7 Å². The summed E-state index contributed by atoms with van der Waals surface area (Å²) in [5.41, 5.74) is 3.72. The number of carbonyl (C=O) groups excluding carboxylic acids is 1. The van der Waals surface area contributed by atoms with Crippen molar-refractivity contribution in [2.24, 2.45) is 29.1 Å². The zero-order valence-corrected chi connectivity index (χ0v) is 29.4. The van der Waals surface area contributed by atoms with Gasteiger partial charge in [-0.1, -0.05) is 87.2 Å². The van der Waals surface area contributed by atoms with E-state index in [0.717, 1.165) is 23.1 Å². The first-order valence-corrected chi connectivity index (χ1v) is 18.6. The van der Waals surface area contributed by atoms with Crippen molar-refractivity contribution in [2.45, 2.75) is 76.3 Å². The molecule has 4 N–H and O–H groups in total. The fraction of sp³-hybridized carbons (Fsp3) is 0.462. The lowest BCUT2D eigenvalue weighted by atomic mass is 9.45. The molecule has 4 aliphatic rings. The van der Waals surface area contributed by atoms with Gasteiger partial charge >= 0.3 is 0 Å². The molecular weight excluding hydrogens is 639 g/mol. The van der Waals surface area contributed by atoms with Gasteiger partial charge in [-0.3, -0.25) is 9.63 Å². The molecule has 3 aromatic rings. The second-order valence-electron chi connectivity index (χ2n) is 14.5. The number of nitrogens with one attached hydrogen (secondary N) is 2. The number of hydrogen-bond donors (Lipinski definition) is 4. The van der Waals surface area contributed by atoms with Crippen molar-refractivity contribution in [2.75, 3.05) is 13.2 Å². The first kappa shape index (κ1) is 35.3.